The van der Waals surface area contributed by atoms with E-state index in [1.54, 1.807) is 18.2 Å². The third-order valence-corrected chi connectivity index (χ3v) is 2.24. The molecule has 2 rings (SSSR count). The van der Waals surface area contributed by atoms with E-state index < -0.39 is 5.91 Å². The third-order valence-electron chi connectivity index (χ3n) is 2.24. The molecule has 76 valence electrons. The molecule has 0 saturated carbocycles. The molecule has 0 aliphatic heterocycles. The lowest BCUT2D eigenvalue weighted by Crippen LogP contribution is -2.19. The first-order valence-electron chi connectivity index (χ1n) is 4.39. The highest BCUT2D eigenvalue weighted by Crippen LogP contribution is 2.26. The Hall–Kier alpha value is -2.07. The number of carbonyl (C=O) groups excluding carboxylic acids is 1. The maximum Gasteiger partial charge on any atom is 0.279 e. The SMILES string of the molecule is O=C(NO)c1c(O)ccc2ccccc12. The molecule has 3 N–H and O–H groups in total. The van der Waals surface area contributed by atoms with Crippen LogP contribution in [-0.4, -0.2) is 16.2 Å². The van der Waals surface area contributed by atoms with E-state index in [4.69, 9.17) is 5.21 Å². The van der Waals surface area contributed by atoms with E-state index in [-0.39, 0.29) is 11.3 Å². The first-order chi connectivity index (χ1) is 7.24. The van der Waals surface area contributed by atoms with Crippen LogP contribution < -0.4 is 5.48 Å². The molecule has 2 aromatic rings. The van der Waals surface area contributed by atoms with Crippen molar-refractivity contribution in [3.8, 4) is 5.75 Å². The number of phenolic OH excluding ortho intramolecular Hbond substituents is 1. The van der Waals surface area contributed by atoms with Crippen molar-refractivity contribution in [2.45, 2.75) is 0 Å². The van der Waals surface area contributed by atoms with Crippen LogP contribution in [0.1, 0.15) is 10.4 Å². The van der Waals surface area contributed by atoms with Crippen LogP contribution in [0.4, 0.5) is 0 Å². The second-order valence-corrected chi connectivity index (χ2v) is 3.12. The molecule has 0 unspecified atom stereocenters. The van der Waals surface area contributed by atoms with Gasteiger partial charge in [-0.2, -0.15) is 0 Å². The molecule has 15 heavy (non-hydrogen) atoms. The van der Waals surface area contributed by atoms with Gasteiger partial charge < -0.3 is 5.11 Å². The summed E-state index contributed by atoms with van der Waals surface area (Å²) >= 11 is 0. The number of carbonyl (C=O) groups is 1. The molecule has 0 spiro atoms. The number of fused-ring (bicyclic) bond motifs is 1. The van der Waals surface area contributed by atoms with Crippen LogP contribution >= 0.6 is 0 Å². The quantitative estimate of drug-likeness (QED) is 0.487. The zero-order valence-electron chi connectivity index (χ0n) is 7.77. The van der Waals surface area contributed by atoms with Crippen LogP contribution in [0.25, 0.3) is 10.8 Å². The number of aromatic hydroxyl groups is 1. The molecule has 0 aliphatic carbocycles. The molecule has 1 amide bonds. The number of amides is 1. The minimum Gasteiger partial charge on any atom is -0.507 e. The molecule has 0 saturated heterocycles. The molecule has 0 aliphatic rings. The lowest BCUT2D eigenvalue weighted by atomic mass is 10.0. The molecular formula is C11H9NO3. The summed E-state index contributed by atoms with van der Waals surface area (Å²) in [6, 6.07) is 10.3. The third kappa shape index (κ3) is 1.51. The number of benzene rings is 2. The van der Waals surface area contributed by atoms with Crippen molar-refractivity contribution < 1.29 is 15.1 Å². The molecule has 0 heterocycles. The van der Waals surface area contributed by atoms with E-state index in [1.165, 1.54) is 11.5 Å². The Balaban J connectivity index is 2.79. The van der Waals surface area contributed by atoms with E-state index in [0.717, 1.165) is 5.39 Å². The topological polar surface area (TPSA) is 69.6 Å². The van der Waals surface area contributed by atoms with Crippen LogP contribution in [0.15, 0.2) is 36.4 Å². The lowest BCUT2D eigenvalue weighted by Gasteiger charge is -2.06. The molecular weight excluding hydrogens is 194 g/mol. The second-order valence-electron chi connectivity index (χ2n) is 3.12. The largest absolute Gasteiger partial charge is 0.507 e. The number of hydrogen-bond donors (Lipinski definition) is 3. The molecule has 2 aromatic carbocycles. The minimum atomic E-state index is -0.718. The van der Waals surface area contributed by atoms with Gasteiger partial charge in [0.1, 0.15) is 5.75 Å². The van der Waals surface area contributed by atoms with E-state index in [1.807, 2.05) is 12.1 Å². The number of nitrogens with one attached hydrogen (secondary N) is 1. The van der Waals surface area contributed by atoms with Gasteiger partial charge in [0.15, 0.2) is 0 Å². The Kier molecular flexibility index (Phi) is 2.27. The van der Waals surface area contributed by atoms with Gasteiger partial charge in [-0.05, 0) is 16.8 Å². The number of hydrogen-bond acceptors (Lipinski definition) is 3. The highest BCUT2D eigenvalue weighted by molar-refractivity contribution is 6.08. The summed E-state index contributed by atoms with van der Waals surface area (Å²) in [5.74, 6) is -0.871. The Morgan fingerprint density at radius 1 is 1.13 bits per heavy atom. The van der Waals surface area contributed by atoms with Crippen molar-refractivity contribution in [3.63, 3.8) is 0 Å². The Labute approximate surface area is 85.7 Å². The summed E-state index contributed by atoms with van der Waals surface area (Å²) in [6.45, 7) is 0. The van der Waals surface area contributed by atoms with Crippen LogP contribution in [0.5, 0.6) is 5.75 Å². The fourth-order valence-electron chi connectivity index (χ4n) is 1.55. The summed E-state index contributed by atoms with van der Waals surface area (Å²) in [4.78, 5) is 11.3. The van der Waals surface area contributed by atoms with Gasteiger partial charge in [0, 0.05) is 0 Å². The predicted molar refractivity (Wildman–Crippen MR) is 54.9 cm³/mol. The summed E-state index contributed by atoms with van der Waals surface area (Å²) in [5.41, 5.74) is 1.59. The second kappa shape index (κ2) is 3.59. The van der Waals surface area contributed by atoms with Crippen molar-refractivity contribution in [3.05, 3.63) is 42.0 Å². The van der Waals surface area contributed by atoms with E-state index >= 15 is 0 Å². The van der Waals surface area contributed by atoms with Gasteiger partial charge in [-0.25, -0.2) is 5.48 Å². The fourth-order valence-corrected chi connectivity index (χ4v) is 1.55. The molecule has 0 bridgehead atoms. The normalized spacial score (nSPS) is 10.2. The maximum atomic E-state index is 11.3. The number of phenols is 1. The maximum absolute atomic E-state index is 11.3. The van der Waals surface area contributed by atoms with Gasteiger partial charge in [-0.1, -0.05) is 30.3 Å². The van der Waals surface area contributed by atoms with Crippen LogP contribution in [0, 0.1) is 0 Å². The zero-order chi connectivity index (χ0) is 10.8. The highest BCUT2D eigenvalue weighted by atomic mass is 16.5. The molecule has 4 heteroatoms. The van der Waals surface area contributed by atoms with E-state index in [0.29, 0.717) is 5.39 Å². The molecule has 0 aromatic heterocycles. The van der Waals surface area contributed by atoms with Gasteiger partial charge in [0.05, 0.1) is 5.56 Å². The fraction of sp³-hybridized carbons (Fsp3) is 0. The molecule has 0 atom stereocenters. The molecule has 0 fully saturated rings. The van der Waals surface area contributed by atoms with Crippen LogP contribution in [0.2, 0.25) is 0 Å². The van der Waals surface area contributed by atoms with Crippen molar-refractivity contribution >= 4 is 16.7 Å². The van der Waals surface area contributed by atoms with Crippen molar-refractivity contribution in [1.29, 1.82) is 0 Å². The number of rotatable bonds is 1. The van der Waals surface area contributed by atoms with Crippen LogP contribution in [0.3, 0.4) is 0 Å². The van der Waals surface area contributed by atoms with Crippen molar-refractivity contribution in [1.82, 2.24) is 5.48 Å². The molecule has 4 nitrogen and oxygen atoms in total. The number of hydroxylamine groups is 1. The predicted octanol–water partition coefficient (Wildman–Crippen LogP) is 1.66. The Morgan fingerprint density at radius 3 is 2.60 bits per heavy atom. The highest BCUT2D eigenvalue weighted by Gasteiger charge is 2.13. The van der Waals surface area contributed by atoms with Gasteiger partial charge in [0.25, 0.3) is 5.91 Å². The van der Waals surface area contributed by atoms with Crippen molar-refractivity contribution in [2.75, 3.05) is 0 Å². The summed E-state index contributed by atoms with van der Waals surface area (Å²) in [6.07, 6.45) is 0. The average molecular weight is 203 g/mol. The minimum absolute atomic E-state index is 0.0793. The first-order valence-corrected chi connectivity index (χ1v) is 4.39. The van der Waals surface area contributed by atoms with Gasteiger partial charge in [-0.15, -0.1) is 0 Å². The zero-order valence-corrected chi connectivity index (χ0v) is 7.77. The van der Waals surface area contributed by atoms with E-state index in [9.17, 15) is 9.90 Å². The monoisotopic (exact) mass is 203 g/mol. The smallest absolute Gasteiger partial charge is 0.279 e. The summed E-state index contributed by atoms with van der Waals surface area (Å²) in [7, 11) is 0. The van der Waals surface area contributed by atoms with Gasteiger partial charge in [0.2, 0.25) is 0 Å². The summed E-state index contributed by atoms with van der Waals surface area (Å²) in [5, 5.41) is 19.5. The van der Waals surface area contributed by atoms with Gasteiger partial charge in [-0.3, -0.25) is 10.0 Å². The van der Waals surface area contributed by atoms with E-state index in [2.05, 4.69) is 0 Å². The van der Waals surface area contributed by atoms with Crippen molar-refractivity contribution in [2.24, 2.45) is 0 Å². The first kappa shape index (κ1) is 9.48. The summed E-state index contributed by atoms with van der Waals surface area (Å²) < 4.78 is 0. The van der Waals surface area contributed by atoms with Gasteiger partial charge >= 0.3 is 0 Å². The lowest BCUT2D eigenvalue weighted by molar-refractivity contribution is 0.0705. The Morgan fingerprint density at radius 2 is 1.87 bits per heavy atom. The molecule has 0 radical (unpaired) electrons. The average Bonchev–Trinajstić information content (AvgIpc) is 2.28. The standard InChI is InChI=1S/C11H9NO3/c13-9-6-5-7-3-1-2-4-8(7)10(9)11(14)12-15/h1-6,13,15H,(H,12,14). The Bertz CT molecular complexity index is 522. The van der Waals surface area contributed by atoms with Crippen LogP contribution in [-0.2, 0) is 0 Å².